The highest BCUT2D eigenvalue weighted by molar-refractivity contribution is 7.10. The van der Waals surface area contributed by atoms with Crippen LogP contribution in [0, 0.1) is 0 Å². The van der Waals surface area contributed by atoms with E-state index >= 15 is 0 Å². The van der Waals surface area contributed by atoms with Gasteiger partial charge in [0.15, 0.2) is 0 Å². The molecule has 1 aliphatic heterocycles. The molecule has 0 spiro atoms. The molecular weight excluding hydrogens is 276 g/mol. The van der Waals surface area contributed by atoms with Crippen LogP contribution in [0.3, 0.4) is 0 Å². The van der Waals surface area contributed by atoms with Crippen molar-refractivity contribution >= 4 is 28.3 Å². The van der Waals surface area contributed by atoms with Crippen LogP contribution >= 0.6 is 11.5 Å². The molecule has 7 heteroatoms. The number of hydrogen-bond donors (Lipinski definition) is 1. The zero-order valence-electron chi connectivity index (χ0n) is 10.8. The second-order valence-electron chi connectivity index (χ2n) is 4.42. The molecule has 3 rings (SSSR count). The number of benzene rings is 1. The van der Waals surface area contributed by atoms with E-state index in [-0.39, 0.29) is 24.8 Å². The van der Waals surface area contributed by atoms with Crippen LogP contribution in [0.1, 0.15) is 21.6 Å². The highest BCUT2D eigenvalue weighted by Crippen LogP contribution is 2.24. The third-order valence-corrected chi connectivity index (χ3v) is 4.01. The summed E-state index contributed by atoms with van der Waals surface area (Å²) < 4.78 is 3.83. The third-order valence-electron chi connectivity index (χ3n) is 3.23. The van der Waals surface area contributed by atoms with Gasteiger partial charge in [0.05, 0.1) is 13.0 Å². The number of fused-ring (bicyclic) bond motifs is 1. The number of anilines is 1. The molecule has 2 amide bonds. The van der Waals surface area contributed by atoms with E-state index in [1.807, 2.05) is 12.1 Å². The van der Waals surface area contributed by atoms with E-state index in [1.54, 1.807) is 19.2 Å². The van der Waals surface area contributed by atoms with E-state index in [1.165, 1.54) is 16.4 Å². The molecule has 1 aromatic heterocycles. The highest BCUT2D eigenvalue weighted by Gasteiger charge is 2.31. The Bertz CT molecular complexity index is 683. The molecule has 0 saturated carbocycles. The number of amides is 2. The molecule has 0 fully saturated rings. The van der Waals surface area contributed by atoms with Gasteiger partial charge in [0.1, 0.15) is 10.7 Å². The van der Waals surface area contributed by atoms with Gasteiger partial charge in [-0.1, -0.05) is 22.7 Å². The Morgan fingerprint density at radius 2 is 2.15 bits per heavy atom. The zero-order chi connectivity index (χ0) is 14.1. The van der Waals surface area contributed by atoms with Gasteiger partial charge in [-0.2, -0.15) is 0 Å². The maximum absolute atomic E-state index is 12.4. The van der Waals surface area contributed by atoms with Gasteiger partial charge in [-0.25, -0.2) is 0 Å². The standard InChI is InChI=1S/C13H12N4O2S/c1-14-12-10(15-16-20-12)7-17-11(18)6-8-4-2-3-5-9(8)13(17)19/h2-5,14H,6-7H2,1H3. The number of imide groups is 1. The summed E-state index contributed by atoms with van der Waals surface area (Å²) in [5.41, 5.74) is 1.98. The van der Waals surface area contributed by atoms with Crippen LogP contribution in [-0.4, -0.2) is 33.3 Å². The van der Waals surface area contributed by atoms with Crippen molar-refractivity contribution in [2.45, 2.75) is 13.0 Å². The molecule has 6 nitrogen and oxygen atoms in total. The number of carbonyl (C=O) groups is 2. The molecule has 0 aliphatic carbocycles. The van der Waals surface area contributed by atoms with Gasteiger partial charge in [0.2, 0.25) is 5.91 Å². The molecule has 102 valence electrons. The summed E-state index contributed by atoms with van der Waals surface area (Å²) in [6, 6.07) is 7.19. The van der Waals surface area contributed by atoms with Crippen LogP contribution in [-0.2, 0) is 17.8 Å². The summed E-state index contributed by atoms with van der Waals surface area (Å²) in [6.07, 6.45) is 0.244. The molecular formula is C13H12N4O2S. The fraction of sp³-hybridized carbons (Fsp3) is 0.231. The summed E-state index contributed by atoms with van der Waals surface area (Å²) in [6.45, 7) is 0.151. The van der Waals surface area contributed by atoms with E-state index in [2.05, 4.69) is 14.9 Å². The van der Waals surface area contributed by atoms with Gasteiger partial charge in [0.25, 0.3) is 5.91 Å². The largest absolute Gasteiger partial charge is 0.377 e. The first-order valence-corrected chi connectivity index (χ1v) is 6.89. The average molecular weight is 288 g/mol. The van der Waals surface area contributed by atoms with Gasteiger partial charge in [-0.3, -0.25) is 14.5 Å². The average Bonchev–Trinajstić information content (AvgIpc) is 2.90. The molecule has 0 radical (unpaired) electrons. The van der Waals surface area contributed by atoms with Crippen LogP contribution in [0.4, 0.5) is 5.00 Å². The smallest absolute Gasteiger partial charge is 0.261 e. The van der Waals surface area contributed by atoms with Crippen molar-refractivity contribution in [3.05, 3.63) is 41.1 Å². The number of nitrogens with one attached hydrogen (secondary N) is 1. The Balaban J connectivity index is 1.91. The Morgan fingerprint density at radius 3 is 2.95 bits per heavy atom. The van der Waals surface area contributed by atoms with Crippen molar-refractivity contribution < 1.29 is 9.59 Å². The van der Waals surface area contributed by atoms with Crippen LogP contribution in [0.15, 0.2) is 24.3 Å². The van der Waals surface area contributed by atoms with E-state index < -0.39 is 0 Å². The van der Waals surface area contributed by atoms with E-state index in [9.17, 15) is 9.59 Å². The Morgan fingerprint density at radius 1 is 1.35 bits per heavy atom. The first-order chi connectivity index (χ1) is 9.70. The molecule has 2 heterocycles. The van der Waals surface area contributed by atoms with E-state index in [0.717, 1.165) is 10.6 Å². The number of aromatic nitrogens is 2. The molecule has 20 heavy (non-hydrogen) atoms. The van der Waals surface area contributed by atoms with Crippen LogP contribution < -0.4 is 5.32 Å². The normalized spacial score (nSPS) is 14.3. The summed E-state index contributed by atoms with van der Waals surface area (Å²) in [5.74, 6) is -0.476. The summed E-state index contributed by atoms with van der Waals surface area (Å²) in [5, 5.41) is 7.69. The van der Waals surface area contributed by atoms with Gasteiger partial charge < -0.3 is 5.32 Å². The molecule has 1 N–H and O–H groups in total. The first kappa shape index (κ1) is 12.7. The lowest BCUT2D eigenvalue weighted by atomic mass is 9.98. The monoisotopic (exact) mass is 288 g/mol. The maximum atomic E-state index is 12.4. The van der Waals surface area contributed by atoms with Crippen LogP contribution in [0.2, 0.25) is 0 Å². The number of carbonyl (C=O) groups excluding carboxylic acids is 2. The fourth-order valence-corrected chi connectivity index (χ4v) is 2.73. The van der Waals surface area contributed by atoms with E-state index in [4.69, 9.17) is 0 Å². The van der Waals surface area contributed by atoms with Crippen LogP contribution in [0.5, 0.6) is 0 Å². The van der Waals surface area contributed by atoms with Crippen molar-refractivity contribution in [2.24, 2.45) is 0 Å². The van der Waals surface area contributed by atoms with E-state index in [0.29, 0.717) is 11.3 Å². The molecule has 0 unspecified atom stereocenters. The SMILES string of the molecule is CNc1snnc1CN1C(=O)Cc2ccccc2C1=O. The van der Waals surface area contributed by atoms with Crippen molar-refractivity contribution in [2.75, 3.05) is 12.4 Å². The summed E-state index contributed by atoms with van der Waals surface area (Å²) in [7, 11) is 1.76. The topological polar surface area (TPSA) is 75.2 Å². The molecule has 1 aliphatic rings. The summed E-state index contributed by atoms with van der Waals surface area (Å²) in [4.78, 5) is 25.8. The number of hydrogen-bond acceptors (Lipinski definition) is 6. The lowest BCUT2D eigenvalue weighted by molar-refractivity contribution is -0.128. The molecule has 0 atom stereocenters. The highest BCUT2D eigenvalue weighted by atomic mass is 32.1. The predicted octanol–water partition coefficient (Wildman–Crippen LogP) is 1.30. The Kier molecular flexibility index (Phi) is 3.19. The lowest BCUT2D eigenvalue weighted by Gasteiger charge is -2.26. The van der Waals surface area contributed by atoms with Gasteiger partial charge in [-0.05, 0) is 11.6 Å². The molecule has 0 saturated heterocycles. The van der Waals surface area contributed by atoms with Gasteiger partial charge in [-0.15, -0.1) is 5.10 Å². The van der Waals surface area contributed by atoms with Gasteiger partial charge in [0, 0.05) is 24.1 Å². The number of nitrogens with zero attached hydrogens (tertiary/aromatic N) is 3. The first-order valence-electron chi connectivity index (χ1n) is 6.12. The van der Waals surface area contributed by atoms with Crippen molar-refractivity contribution in [3.8, 4) is 0 Å². The van der Waals surface area contributed by atoms with Crippen molar-refractivity contribution in [1.29, 1.82) is 0 Å². The Hall–Kier alpha value is -2.28. The molecule has 0 bridgehead atoms. The minimum atomic E-state index is -0.271. The van der Waals surface area contributed by atoms with Crippen molar-refractivity contribution in [3.63, 3.8) is 0 Å². The number of rotatable bonds is 3. The van der Waals surface area contributed by atoms with Crippen molar-refractivity contribution in [1.82, 2.24) is 14.5 Å². The predicted molar refractivity (Wildman–Crippen MR) is 74.5 cm³/mol. The fourth-order valence-electron chi connectivity index (χ4n) is 2.21. The quantitative estimate of drug-likeness (QED) is 0.862. The second-order valence-corrected chi connectivity index (χ2v) is 5.17. The van der Waals surface area contributed by atoms with Gasteiger partial charge >= 0.3 is 0 Å². The van der Waals surface area contributed by atoms with Crippen LogP contribution in [0.25, 0.3) is 0 Å². The Labute approximate surface area is 119 Å². The third kappa shape index (κ3) is 2.05. The molecule has 1 aromatic carbocycles. The summed E-state index contributed by atoms with van der Waals surface area (Å²) >= 11 is 1.20. The minimum absolute atomic E-state index is 0.151. The minimum Gasteiger partial charge on any atom is -0.377 e. The second kappa shape index (κ2) is 5.01. The zero-order valence-corrected chi connectivity index (χ0v) is 11.6. The molecule has 2 aromatic rings. The lowest BCUT2D eigenvalue weighted by Crippen LogP contribution is -2.41. The maximum Gasteiger partial charge on any atom is 0.261 e.